The van der Waals surface area contributed by atoms with Crippen molar-refractivity contribution in [1.82, 2.24) is 10.2 Å². The number of carbonyl (C=O) groups is 3. The molecule has 214 valence electrons. The first-order valence-electron chi connectivity index (χ1n) is 14.1. The highest BCUT2D eigenvalue weighted by molar-refractivity contribution is 6.31. The van der Waals surface area contributed by atoms with E-state index < -0.39 is 5.91 Å². The third kappa shape index (κ3) is 7.23. The van der Waals surface area contributed by atoms with Crippen LogP contribution in [0.5, 0.6) is 0 Å². The summed E-state index contributed by atoms with van der Waals surface area (Å²) in [4.78, 5) is 41.6. The molecule has 8 nitrogen and oxygen atoms in total. The number of hydrogen-bond acceptors (Lipinski definition) is 5. The number of nitrogens with zero attached hydrogens (tertiary/aromatic N) is 1. The Morgan fingerprint density at radius 3 is 2.42 bits per heavy atom. The lowest BCUT2D eigenvalue weighted by molar-refractivity contribution is -0.139. The number of anilines is 1. The molecule has 0 radical (unpaired) electrons. The molecule has 3 amide bonds. The van der Waals surface area contributed by atoms with Crippen molar-refractivity contribution in [3.05, 3.63) is 65.6 Å². The van der Waals surface area contributed by atoms with E-state index in [9.17, 15) is 14.4 Å². The van der Waals surface area contributed by atoms with Gasteiger partial charge in [-0.15, -0.1) is 0 Å². The average Bonchev–Trinajstić information content (AvgIpc) is 3.34. The minimum atomic E-state index is -0.526. The van der Waals surface area contributed by atoms with Gasteiger partial charge in [0.25, 0.3) is 5.91 Å². The van der Waals surface area contributed by atoms with Crippen LogP contribution in [-0.2, 0) is 9.59 Å². The molecule has 0 atom stereocenters. The minimum Gasteiger partial charge on any atom is -0.449 e. The summed E-state index contributed by atoms with van der Waals surface area (Å²) in [6, 6.07) is 7.18. The quantitative estimate of drug-likeness (QED) is 0.336. The molecule has 0 spiro atoms. The first-order chi connectivity index (χ1) is 19.3. The van der Waals surface area contributed by atoms with Crippen molar-refractivity contribution >= 4 is 46.0 Å². The number of likely N-dealkylation sites (tertiary alicyclic amines) is 1. The van der Waals surface area contributed by atoms with E-state index in [4.69, 9.17) is 21.8 Å². The van der Waals surface area contributed by atoms with Gasteiger partial charge in [-0.3, -0.25) is 14.4 Å². The van der Waals surface area contributed by atoms with Gasteiger partial charge in [-0.25, -0.2) is 0 Å². The van der Waals surface area contributed by atoms with E-state index in [-0.39, 0.29) is 29.4 Å². The van der Waals surface area contributed by atoms with Crippen LogP contribution in [0.1, 0.15) is 62.4 Å². The van der Waals surface area contributed by atoms with Crippen LogP contribution < -0.4 is 16.4 Å². The van der Waals surface area contributed by atoms with Crippen LogP contribution in [0.3, 0.4) is 0 Å². The molecule has 4 rings (SSSR count). The molecule has 0 unspecified atom stereocenters. The number of carbonyl (C=O) groups excluding carboxylic acids is 3. The fraction of sp³-hybridized carbons (Fsp3) is 0.452. The second-order valence-corrected chi connectivity index (χ2v) is 11.1. The van der Waals surface area contributed by atoms with Crippen molar-refractivity contribution in [3.8, 4) is 0 Å². The Bertz CT molecular complexity index is 1300. The summed E-state index contributed by atoms with van der Waals surface area (Å²) in [7, 11) is 0. The van der Waals surface area contributed by atoms with E-state index in [0.717, 1.165) is 32.4 Å². The summed E-state index contributed by atoms with van der Waals surface area (Å²) in [6.07, 6.45) is 10.6. The number of rotatable bonds is 9. The zero-order valence-electron chi connectivity index (χ0n) is 23.1. The molecule has 0 bridgehead atoms. The van der Waals surface area contributed by atoms with Crippen LogP contribution in [0.4, 0.5) is 5.69 Å². The van der Waals surface area contributed by atoms with Gasteiger partial charge in [-0.1, -0.05) is 36.4 Å². The highest BCUT2D eigenvalue weighted by atomic mass is 35.5. The van der Waals surface area contributed by atoms with E-state index >= 15 is 0 Å². The number of allylic oxidation sites excluding steroid dienone is 4. The van der Waals surface area contributed by atoms with Gasteiger partial charge in [0, 0.05) is 41.0 Å². The Kier molecular flexibility index (Phi) is 10.2. The zero-order valence-corrected chi connectivity index (χ0v) is 23.8. The highest BCUT2D eigenvalue weighted by Crippen LogP contribution is 2.35. The van der Waals surface area contributed by atoms with E-state index in [0.29, 0.717) is 65.5 Å². The third-order valence-corrected chi connectivity index (χ3v) is 8.34. The molecule has 2 heterocycles. The summed E-state index contributed by atoms with van der Waals surface area (Å²) in [5.74, 6) is -0.148. The average molecular weight is 567 g/mol. The lowest BCUT2D eigenvalue weighted by Crippen LogP contribution is -2.43. The van der Waals surface area contributed by atoms with Crippen molar-refractivity contribution in [1.29, 1.82) is 0 Å². The maximum absolute atomic E-state index is 13.4. The van der Waals surface area contributed by atoms with Gasteiger partial charge in [-0.05, 0) is 88.6 Å². The molecule has 4 N–H and O–H groups in total. The van der Waals surface area contributed by atoms with Gasteiger partial charge in [-0.2, -0.15) is 0 Å². The van der Waals surface area contributed by atoms with Gasteiger partial charge in [0.05, 0.1) is 0 Å². The molecule has 1 aliphatic carbocycles. The molecule has 2 fully saturated rings. The van der Waals surface area contributed by atoms with Crippen molar-refractivity contribution in [2.45, 2.75) is 51.9 Å². The number of nitrogens with two attached hydrogens (primary N) is 1. The molecule has 2 aliphatic rings. The third-order valence-electron chi connectivity index (χ3n) is 7.99. The van der Waals surface area contributed by atoms with Gasteiger partial charge in [0.2, 0.25) is 17.6 Å². The summed E-state index contributed by atoms with van der Waals surface area (Å²) in [5.41, 5.74) is 6.85. The summed E-state index contributed by atoms with van der Waals surface area (Å²) >= 11 is 5.98. The number of fused-ring (bicyclic) bond motifs is 1. The monoisotopic (exact) mass is 566 g/mol. The van der Waals surface area contributed by atoms with E-state index in [1.54, 1.807) is 43.4 Å². The smallest absolute Gasteiger partial charge is 0.293 e. The number of benzene rings is 1. The van der Waals surface area contributed by atoms with Crippen LogP contribution in [0.25, 0.3) is 11.0 Å². The maximum Gasteiger partial charge on any atom is 0.293 e. The predicted molar refractivity (Wildman–Crippen MR) is 159 cm³/mol. The minimum absolute atomic E-state index is 0.00290. The Balaban J connectivity index is 1.38. The molecular formula is C31H39ClN4O4. The molecule has 1 aromatic carbocycles. The maximum atomic E-state index is 13.4. The van der Waals surface area contributed by atoms with E-state index in [2.05, 4.69) is 17.2 Å². The van der Waals surface area contributed by atoms with Gasteiger partial charge in [0.15, 0.2) is 0 Å². The number of piperidine rings is 1. The van der Waals surface area contributed by atoms with Crippen LogP contribution in [-0.4, -0.2) is 42.3 Å². The zero-order chi connectivity index (χ0) is 28.6. The SMILES string of the molecule is C=C(/C=C\C(Cl)=C/C)NC(=O)c1oc2ccccc2c1NC(=O)C1CCC(C(=O)N2CCC(CCN)CC2)CC1. The number of halogens is 1. The number of nitrogens with one attached hydrogen (secondary N) is 2. The van der Waals surface area contributed by atoms with Crippen molar-refractivity contribution in [2.24, 2.45) is 23.5 Å². The normalized spacial score (nSPS) is 20.6. The Morgan fingerprint density at radius 1 is 1.07 bits per heavy atom. The number of hydrogen-bond donors (Lipinski definition) is 3. The van der Waals surface area contributed by atoms with Gasteiger partial charge < -0.3 is 25.7 Å². The van der Waals surface area contributed by atoms with Crippen molar-refractivity contribution < 1.29 is 18.8 Å². The second kappa shape index (κ2) is 13.8. The summed E-state index contributed by atoms with van der Waals surface area (Å²) in [5, 5.41) is 6.80. The topological polar surface area (TPSA) is 118 Å². The van der Waals surface area contributed by atoms with Crippen LogP contribution in [0, 0.1) is 17.8 Å². The van der Waals surface area contributed by atoms with E-state index in [1.165, 1.54) is 0 Å². The number of furan rings is 1. The molecular weight excluding hydrogens is 528 g/mol. The number of para-hydroxylation sites is 1. The largest absolute Gasteiger partial charge is 0.449 e. The highest BCUT2D eigenvalue weighted by Gasteiger charge is 2.34. The molecule has 2 aromatic rings. The lowest BCUT2D eigenvalue weighted by atomic mass is 9.80. The van der Waals surface area contributed by atoms with Crippen LogP contribution >= 0.6 is 11.6 Å². The first kappa shape index (κ1) is 29.6. The standard InChI is InChI=1S/C31H39ClN4O4/c1-3-24(32)13-8-20(2)34-30(38)28-27(25-6-4-5-7-26(25)40-28)35-29(37)22-9-11-23(12-10-22)31(39)36-18-15-21(14-17-33)16-19-36/h3-8,13,21-23H,2,9-12,14-19,33H2,1H3,(H,34,38)(H,35,37)/b13-8-,24-3+. The van der Waals surface area contributed by atoms with Crippen LogP contribution in [0.15, 0.2) is 64.2 Å². The molecule has 9 heteroatoms. The summed E-state index contributed by atoms with van der Waals surface area (Å²) < 4.78 is 5.85. The summed E-state index contributed by atoms with van der Waals surface area (Å²) in [6.45, 7) is 7.94. The predicted octanol–water partition coefficient (Wildman–Crippen LogP) is 5.71. The Morgan fingerprint density at radius 2 is 1.75 bits per heavy atom. The van der Waals surface area contributed by atoms with Crippen LogP contribution in [0.2, 0.25) is 0 Å². The molecule has 40 heavy (non-hydrogen) atoms. The molecule has 1 saturated carbocycles. The first-order valence-corrected chi connectivity index (χ1v) is 14.5. The Hall–Kier alpha value is -3.36. The van der Waals surface area contributed by atoms with Gasteiger partial charge >= 0.3 is 0 Å². The molecule has 1 saturated heterocycles. The second-order valence-electron chi connectivity index (χ2n) is 10.7. The fourth-order valence-electron chi connectivity index (χ4n) is 5.61. The molecule has 1 aromatic heterocycles. The van der Waals surface area contributed by atoms with E-state index in [1.807, 2.05) is 11.0 Å². The Labute approximate surface area is 240 Å². The molecule has 1 aliphatic heterocycles. The lowest BCUT2D eigenvalue weighted by Gasteiger charge is -2.36. The number of amides is 3. The fourth-order valence-corrected chi connectivity index (χ4v) is 5.68. The van der Waals surface area contributed by atoms with Crippen molar-refractivity contribution in [2.75, 3.05) is 25.0 Å². The van der Waals surface area contributed by atoms with Gasteiger partial charge in [0.1, 0.15) is 11.3 Å². The van der Waals surface area contributed by atoms with Crippen molar-refractivity contribution in [3.63, 3.8) is 0 Å².